The molecule has 0 radical (unpaired) electrons. The molecule has 0 amide bonds. The number of carbonyl (C=O) groups is 1. The smallest absolute Gasteiger partial charge is 0.325 e. The summed E-state index contributed by atoms with van der Waals surface area (Å²) in [6.07, 6.45) is 0. The lowest BCUT2D eigenvalue weighted by Crippen LogP contribution is -2.40. The largest absolute Gasteiger partial charge is 0.465 e. The number of carbonyl (C=O) groups excluding carboxylic acids is 1. The zero-order valence-electron chi connectivity index (χ0n) is 13.7. The van der Waals surface area contributed by atoms with Gasteiger partial charge in [0.25, 0.3) is 0 Å². The minimum Gasteiger partial charge on any atom is -0.465 e. The molecule has 0 aliphatic carbocycles. The van der Waals surface area contributed by atoms with E-state index in [2.05, 4.69) is 39.1 Å². The number of aliphatic imine (C=N–C) groups is 1. The maximum absolute atomic E-state index is 12.1. The molecule has 0 fully saturated rings. The van der Waals surface area contributed by atoms with Gasteiger partial charge in [-0.15, -0.1) is 0 Å². The van der Waals surface area contributed by atoms with Crippen LogP contribution in [0.1, 0.15) is 31.0 Å². The van der Waals surface area contributed by atoms with E-state index in [1.165, 1.54) is 0 Å². The summed E-state index contributed by atoms with van der Waals surface area (Å²) >= 11 is 3.54. The number of fused-ring (bicyclic) bond motifs is 1. The first-order valence-electron chi connectivity index (χ1n) is 7.92. The molecule has 0 saturated heterocycles. The van der Waals surface area contributed by atoms with E-state index in [0.29, 0.717) is 6.61 Å². The summed E-state index contributed by atoms with van der Waals surface area (Å²) in [5, 5.41) is 0. The summed E-state index contributed by atoms with van der Waals surface area (Å²) in [6.45, 7) is 4.30. The number of ether oxygens (including phenoxy) is 1. The van der Waals surface area contributed by atoms with Crippen LogP contribution in [0.15, 0.2) is 58.0 Å². The molecule has 4 nitrogen and oxygen atoms in total. The molecule has 124 valence electrons. The summed E-state index contributed by atoms with van der Waals surface area (Å²) in [4.78, 5) is 18.8. The Kier molecular flexibility index (Phi) is 5.00. The van der Waals surface area contributed by atoms with E-state index >= 15 is 0 Å². The Bertz CT molecular complexity index is 774. The Hall–Kier alpha value is -2.14. The predicted molar refractivity (Wildman–Crippen MR) is 98.5 cm³/mol. The van der Waals surface area contributed by atoms with Crippen molar-refractivity contribution in [3.63, 3.8) is 0 Å². The molecule has 1 aliphatic rings. The van der Waals surface area contributed by atoms with Gasteiger partial charge in [-0.1, -0.05) is 46.3 Å². The molecular formula is C19H19BrN2O2. The average molecular weight is 387 g/mol. The van der Waals surface area contributed by atoms with Crippen LogP contribution in [0.5, 0.6) is 0 Å². The number of amidine groups is 1. The first-order chi connectivity index (χ1) is 11.6. The topological polar surface area (TPSA) is 41.9 Å². The van der Waals surface area contributed by atoms with Gasteiger partial charge in [-0.05, 0) is 37.6 Å². The van der Waals surface area contributed by atoms with Crippen molar-refractivity contribution < 1.29 is 9.53 Å². The van der Waals surface area contributed by atoms with Crippen molar-refractivity contribution in [3.8, 4) is 0 Å². The summed E-state index contributed by atoms with van der Waals surface area (Å²) in [5.74, 6) is 0.568. The molecular weight excluding hydrogens is 368 g/mol. The molecule has 0 aromatic heterocycles. The zero-order chi connectivity index (χ0) is 17.1. The van der Waals surface area contributed by atoms with E-state index in [9.17, 15) is 4.79 Å². The maximum atomic E-state index is 12.1. The lowest BCUT2D eigenvalue weighted by atomic mass is 9.94. The standard InChI is InChI=1S/C19H19BrN2O2/c1-3-24-18(23)12-22-13(2)21-17-10-9-15(20)11-16(17)19(22)14-7-5-4-6-8-14/h4-11,19H,3,12H2,1-2H3/t19-/m0/s1. The molecule has 0 N–H and O–H groups in total. The van der Waals surface area contributed by atoms with Crippen molar-refractivity contribution in [1.82, 2.24) is 4.90 Å². The van der Waals surface area contributed by atoms with Gasteiger partial charge in [0.2, 0.25) is 0 Å². The third kappa shape index (κ3) is 3.36. The van der Waals surface area contributed by atoms with Crippen LogP contribution < -0.4 is 0 Å². The van der Waals surface area contributed by atoms with Crippen LogP contribution in [-0.2, 0) is 9.53 Å². The molecule has 0 saturated carbocycles. The van der Waals surface area contributed by atoms with Crippen molar-refractivity contribution in [2.75, 3.05) is 13.2 Å². The number of nitrogens with zero attached hydrogens (tertiary/aromatic N) is 2. The highest BCUT2D eigenvalue weighted by atomic mass is 79.9. The number of hydrogen-bond acceptors (Lipinski definition) is 4. The maximum Gasteiger partial charge on any atom is 0.325 e. The van der Waals surface area contributed by atoms with Crippen LogP contribution in [0.4, 0.5) is 5.69 Å². The van der Waals surface area contributed by atoms with E-state index in [0.717, 1.165) is 27.1 Å². The van der Waals surface area contributed by atoms with Gasteiger partial charge in [0.1, 0.15) is 12.4 Å². The van der Waals surface area contributed by atoms with Gasteiger partial charge in [0.15, 0.2) is 0 Å². The molecule has 2 aromatic carbocycles. The van der Waals surface area contributed by atoms with E-state index in [1.807, 2.05) is 49.1 Å². The Morgan fingerprint density at radius 2 is 2.00 bits per heavy atom. The summed E-state index contributed by atoms with van der Waals surface area (Å²) in [7, 11) is 0. The highest BCUT2D eigenvalue weighted by Crippen LogP contribution is 2.40. The highest BCUT2D eigenvalue weighted by Gasteiger charge is 2.31. The molecule has 5 heteroatoms. The SMILES string of the molecule is CCOC(=O)CN1C(C)=Nc2ccc(Br)cc2[C@@H]1c1ccccc1. The second kappa shape index (κ2) is 7.18. The molecule has 0 bridgehead atoms. The van der Waals surface area contributed by atoms with Gasteiger partial charge < -0.3 is 9.64 Å². The van der Waals surface area contributed by atoms with Gasteiger partial charge in [-0.3, -0.25) is 4.79 Å². The fraction of sp³-hybridized carbons (Fsp3) is 0.263. The highest BCUT2D eigenvalue weighted by molar-refractivity contribution is 9.10. The van der Waals surface area contributed by atoms with E-state index in [4.69, 9.17) is 4.74 Å². The fourth-order valence-electron chi connectivity index (χ4n) is 2.99. The third-order valence-electron chi connectivity index (χ3n) is 4.01. The van der Waals surface area contributed by atoms with Crippen LogP contribution in [0, 0.1) is 0 Å². The molecule has 0 unspecified atom stereocenters. The van der Waals surface area contributed by atoms with Gasteiger partial charge in [-0.2, -0.15) is 0 Å². The second-order valence-electron chi connectivity index (χ2n) is 5.61. The summed E-state index contributed by atoms with van der Waals surface area (Å²) < 4.78 is 6.14. The van der Waals surface area contributed by atoms with Crippen molar-refractivity contribution in [3.05, 3.63) is 64.1 Å². The number of hydrogen-bond donors (Lipinski definition) is 0. The van der Waals surface area contributed by atoms with Gasteiger partial charge in [-0.25, -0.2) is 4.99 Å². The predicted octanol–water partition coefficient (Wildman–Crippen LogP) is 4.47. The monoisotopic (exact) mass is 386 g/mol. The number of rotatable bonds is 4. The Morgan fingerprint density at radius 3 is 2.71 bits per heavy atom. The lowest BCUT2D eigenvalue weighted by molar-refractivity contribution is -0.143. The number of esters is 1. The molecule has 0 spiro atoms. The van der Waals surface area contributed by atoms with Gasteiger partial charge in [0, 0.05) is 10.0 Å². The van der Waals surface area contributed by atoms with Crippen LogP contribution >= 0.6 is 15.9 Å². The van der Waals surface area contributed by atoms with Crippen LogP contribution in [-0.4, -0.2) is 29.9 Å². The first-order valence-corrected chi connectivity index (χ1v) is 8.71. The van der Waals surface area contributed by atoms with Gasteiger partial charge in [0.05, 0.1) is 18.3 Å². The van der Waals surface area contributed by atoms with Crippen molar-refractivity contribution >= 4 is 33.4 Å². The molecule has 1 atom stereocenters. The number of halogens is 1. The van der Waals surface area contributed by atoms with Crippen molar-refractivity contribution in [2.24, 2.45) is 4.99 Å². The minimum atomic E-state index is -0.244. The second-order valence-corrected chi connectivity index (χ2v) is 6.52. The van der Waals surface area contributed by atoms with Crippen LogP contribution in [0.25, 0.3) is 0 Å². The van der Waals surface area contributed by atoms with Crippen molar-refractivity contribution in [2.45, 2.75) is 19.9 Å². The summed E-state index contributed by atoms with van der Waals surface area (Å²) in [6, 6.07) is 16.1. The molecule has 1 aliphatic heterocycles. The molecule has 3 rings (SSSR count). The van der Waals surface area contributed by atoms with E-state index in [1.54, 1.807) is 0 Å². The Balaban J connectivity index is 2.08. The molecule has 2 aromatic rings. The van der Waals surface area contributed by atoms with Crippen molar-refractivity contribution in [1.29, 1.82) is 0 Å². The molecule has 1 heterocycles. The van der Waals surface area contributed by atoms with E-state index < -0.39 is 0 Å². The van der Waals surface area contributed by atoms with E-state index in [-0.39, 0.29) is 18.6 Å². The third-order valence-corrected chi connectivity index (χ3v) is 4.51. The zero-order valence-corrected chi connectivity index (χ0v) is 15.3. The van der Waals surface area contributed by atoms with Crippen LogP contribution in [0.2, 0.25) is 0 Å². The Morgan fingerprint density at radius 1 is 1.25 bits per heavy atom. The lowest BCUT2D eigenvalue weighted by Gasteiger charge is -2.37. The molecule has 24 heavy (non-hydrogen) atoms. The average Bonchev–Trinajstić information content (AvgIpc) is 2.57. The number of benzene rings is 2. The van der Waals surface area contributed by atoms with Gasteiger partial charge >= 0.3 is 5.97 Å². The first kappa shape index (κ1) is 16.7. The fourth-order valence-corrected chi connectivity index (χ4v) is 3.36. The minimum absolute atomic E-state index is 0.0689. The normalized spacial score (nSPS) is 16.4. The summed E-state index contributed by atoms with van der Waals surface area (Å²) in [5.41, 5.74) is 3.13. The Labute approximate surface area is 150 Å². The quantitative estimate of drug-likeness (QED) is 0.728. The van der Waals surface area contributed by atoms with Crippen LogP contribution in [0.3, 0.4) is 0 Å².